The maximum Gasteiger partial charge on any atom is 0.150 e. The molecule has 1 saturated carbocycles. The van der Waals surface area contributed by atoms with Gasteiger partial charge in [0.15, 0.2) is 0 Å². The van der Waals surface area contributed by atoms with Crippen molar-refractivity contribution in [1.29, 1.82) is 0 Å². The Labute approximate surface area is 125 Å². The van der Waals surface area contributed by atoms with Crippen LogP contribution in [0.15, 0.2) is 0 Å². The van der Waals surface area contributed by atoms with Gasteiger partial charge in [-0.3, -0.25) is 0 Å². The van der Waals surface area contributed by atoms with Crippen molar-refractivity contribution in [2.75, 3.05) is 24.6 Å². The van der Waals surface area contributed by atoms with Crippen LogP contribution in [0.25, 0.3) is 0 Å². The predicted molar refractivity (Wildman–Crippen MR) is 86.8 cm³/mol. The van der Waals surface area contributed by atoms with Crippen LogP contribution in [0.3, 0.4) is 0 Å². The van der Waals surface area contributed by atoms with E-state index in [2.05, 4.69) is 19.2 Å². The summed E-state index contributed by atoms with van der Waals surface area (Å²) in [5.41, 5.74) is 0.358. The van der Waals surface area contributed by atoms with Gasteiger partial charge in [0.25, 0.3) is 0 Å². The SMILES string of the molecule is CCS(=O)(=O)CCCC1(CNCC(C)C)CCCCC1. The number of hydrogen-bond donors (Lipinski definition) is 1. The summed E-state index contributed by atoms with van der Waals surface area (Å²) in [4.78, 5) is 0. The van der Waals surface area contributed by atoms with E-state index in [4.69, 9.17) is 0 Å². The molecular weight excluding hydrogens is 270 g/mol. The van der Waals surface area contributed by atoms with Gasteiger partial charge in [0.1, 0.15) is 9.84 Å². The van der Waals surface area contributed by atoms with E-state index >= 15 is 0 Å². The van der Waals surface area contributed by atoms with Gasteiger partial charge in [-0.2, -0.15) is 0 Å². The molecule has 3 nitrogen and oxygen atoms in total. The molecule has 0 atom stereocenters. The Hall–Kier alpha value is -0.0900. The van der Waals surface area contributed by atoms with Crippen LogP contribution in [0.2, 0.25) is 0 Å². The van der Waals surface area contributed by atoms with E-state index in [0.29, 0.717) is 17.1 Å². The third kappa shape index (κ3) is 6.57. The highest BCUT2D eigenvalue weighted by molar-refractivity contribution is 7.91. The van der Waals surface area contributed by atoms with Crippen LogP contribution in [0.1, 0.15) is 65.7 Å². The molecule has 0 aromatic carbocycles. The molecule has 0 heterocycles. The van der Waals surface area contributed by atoms with Crippen LogP contribution in [-0.4, -0.2) is 33.0 Å². The zero-order valence-corrected chi connectivity index (χ0v) is 14.4. The van der Waals surface area contributed by atoms with Gasteiger partial charge in [-0.05, 0) is 43.6 Å². The summed E-state index contributed by atoms with van der Waals surface area (Å²) in [6.45, 7) is 8.34. The molecule has 0 radical (unpaired) electrons. The molecule has 0 bridgehead atoms. The second kappa shape index (κ2) is 8.38. The fraction of sp³-hybridized carbons (Fsp3) is 1.00. The quantitative estimate of drug-likeness (QED) is 0.710. The van der Waals surface area contributed by atoms with Gasteiger partial charge in [-0.1, -0.05) is 40.0 Å². The van der Waals surface area contributed by atoms with E-state index in [1.165, 1.54) is 32.1 Å². The largest absolute Gasteiger partial charge is 0.316 e. The molecule has 0 unspecified atom stereocenters. The van der Waals surface area contributed by atoms with Crippen molar-refractivity contribution in [3.05, 3.63) is 0 Å². The Bertz CT molecular complexity index is 357. The fourth-order valence-electron chi connectivity index (χ4n) is 3.25. The first-order valence-corrected chi connectivity index (χ1v) is 10.1. The molecule has 0 amide bonds. The van der Waals surface area contributed by atoms with E-state index in [0.717, 1.165) is 25.9 Å². The summed E-state index contributed by atoms with van der Waals surface area (Å²) >= 11 is 0. The standard InChI is InChI=1S/C16H33NO2S/c1-4-20(18,19)12-8-11-16(9-6-5-7-10-16)14-17-13-15(2)3/h15,17H,4-14H2,1-3H3. The minimum atomic E-state index is -2.80. The van der Waals surface area contributed by atoms with Crippen LogP contribution in [0, 0.1) is 11.3 Å². The van der Waals surface area contributed by atoms with Gasteiger partial charge < -0.3 is 5.32 Å². The minimum absolute atomic E-state index is 0.283. The van der Waals surface area contributed by atoms with Gasteiger partial charge in [0.2, 0.25) is 0 Å². The number of hydrogen-bond acceptors (Lipinski definition) is 3. The molecule has 1 N–H and O–H groups in total. The zero-order valence-electron chi connectivity index (χ0n) is 13.6. The molecule has 20 heavy (non-hydrogen) atoms. The van der Waals surface area contributed by atoms with Gasteiger partial charge in [-0.25, -0.2) is 8.42 Å². The van der Waals surface area contributed by atoms with E-state index in [1.807, 2.05) is 0 Å². The topological polar surface area (TPSA) is 46.2 Å². The van der Waals surface area contributed by atoms with Gasteiger partial charge in [0, 0.05) is 12.3 Å². The Balaban J connectivity index is 2.46. The molecule has 0 aliphatic heterocycles. The average Bonchev–Trinajstić information content (AvgIpc) is 2.39. The highest BCUT2D eigenvalue weighted by Crippen LogP contribution is 2.39. The van der Waals surface area contributed by atoms with Crippen molar-refractivity contribution in [2.45, 2.75) is 65.7 Å². The predicted octanol–water partition coefficient (Wildman–Crippen LogP) is 3.40. The molecule has 0 spiro atoms. The van der Waals surface area contributed by atoms with E-state index < -0.39 is 9.84 Å². The molecule has 0 aromatic rings. The van der Waals surface area contributed by atoms with Crippen LogP contribution in [0.4, 0.5) is 0 Å². The van der Waals surface area contributed by atoms with Crippen LogP contribution in [0.5, 0.6) is 0 Å². The smallest absolute Gasteiger partial charge is 0.150 e. The number of nitrogens with one attached hydrogen (secondary N) is 1. The monoisotopic (exact) mass is 303 g/mol. The molecule has 120 valence electrons. The third-order valence-electron chi connectivity index (χ3n) is 4.57. The number of rotatable bonds is 9. The maximum absolute atomic E-state index is 11.6. The lowest BCUT2D eigenvalue weighted by molar-refractivity contribution is 0.164. The van der Waals surface area contributed by atoms with Crippen LogP contribution < -0.4 is 5.32 Å². The Morgan fingerprint density at radius 2 is 1.80 bits per heavy atom. The first-order chi connectivity index (χ1) is 9.39. The first-order valence-electron chi connectivity index (χ1n) is 8.30. The van der Waals surface area contributed by atoms with E-state index in [1.54, 1.807) is 6.92 Å². The lowest BCUT2D eigenvalue weighted by Gasteiger charge is -2.38. The second-order valence-electron chi connectivity index (χ2n) is 6.93. The highest BCUT2D eigenvalue weighted by Gasteiger charge is 2.31. The summed E-state index contributed by atoms with van der Waals surface area (Å²) in [6.07, 6.45) is 8.40. The van der Waals surface area contributed by atoms with Crippen LogP contribution in [-0.2, 0) is 9.84 Å². The van der Waals surface area contributed by atoms with Gasteiger partial charge in [0.05, 0.1) is 5.75 Å². The molecule has 4 heteroatoms. The van der Waals surface area contributed by atoms with Crippen LogP contribution >= 0.6 is 0 Å². The highest BCUT2D eigenvalue weighted by atomic mass is 32.2. The van der Waals surface area contributed by atoms with E-state index in [-0.39, 0.29) is 5.75 Å². The van der Waals surface area contributed by atoms with Crippen molar-refractivity contribution in [3.8, 4) is 0 Å². The number of sulfone groups is 1. The third-order valence-corrected chi connectivity index (χ3v) is 6.36. The lowest BCUT2D eigenvalue weighted by atomic mass is 9.71. The van der Waals surface area contributed by atoms with Crippen molar-refractivity contribution in [2.24, 2.45) is 11.3 Å². The maximum atomic E-state index is 11.6. The molecular formula is C16H33NO2S. The van der Waals surface area contributed by atoms with Crippen molar-refractivity contribution >= 4 is 9.84 Å². The van der Waals surface area contributed by atoms with Crippen molar-refractivity contribution in [3.63, 3.8) is 0 Å². The van der Waals surface area contributed by atoms with Gasteiger partial charge in [-0.15, -0.1) is 0 Å². The molecule has 0 aromatic heterocycles. The first kappa shape index (κ1) is 18.0. The molecule has 1 rings (SSSR count). The van der Waals surface area contributed by atoms with Gasteiger partial charge >= 0.3 is 0 Å². The zero-order chi connectivity index (χ0) is 15.1. The summed E-state index contributed by atoms with van der Waals surface area (Å²) in [5.74, 6) is 1.33. The minimum Gasteiger partial charge on any atom is -0.316 e. The summed E-state index contributed by atoms with van der Waals surface area (Å²) in [7, 11) is -2.80. The Morgan fingerprint density at radius 1 is 1.15 bits per heavy atom. The molecule has 0 saturated heterocycles. The fourth-order valence-corrected chi connectivity index (χ4v) is 4.13. The molecule has 1 fully saturated rings. The van der Waals surface area contributed by atoms with E-state index in [9.17, 15) is 8.42 Å². The normalized spacial score (nSPS) is 19.4. The summed E-state index contributed by atoms with van der Waals surface area (Å²) < 4.78 is 23.3. The second-order valence-corrected chi connectivity index (χ2v) is 9.40. The molecule has 1 aliphatic rings. The average molecular weight is 304 g/mol. The Kier molecular flexibility index (Phi) is 7.52. The Morgan fingerprint density at radius 3 is 2.35 bits per heavy atom. The summed E-state index contributed by atoms with van der Waals surface area (Å²) in [5, 5.41) is 3.61. The lowest BCUT2D eigenvalue weighted by Crippen LogP contribution is -2.38. The van der Waals surface area contributed by atoms with Crippen molar-refractivity contribution < 1.29 is 8.42 Å². The molecule has 1 aliphatic carbocycles. The van der Waals surface area contributed by atoms with Crippen molar-refractivity contribution in [1.82, 2.24) is 5.32 Å². The summed E-state index contributed by atoms with van der Waals surface area (Å²) in [6, 6.07) is 0.